The van der Waals surface area contributed by atoms with Crippen LogP contribution < -0.4 is 4.74 Å². The topological polar surface area (TPSA) is 75.3 Å². The molecule has 1 aromatic heterocycles. The summed E-state index contributed by atoms with van der Waals surface area (Å²) in [5, 5.41) is 14.3. The Labute approximate surface area is 161 Å². The summed E-state index contributed by atoms with van der Waals surface area (Å²) in [6, 6.07) is 10.5. The number of benzene rings is 1. The number of halogens is 2. The second-order valence-electron chi connectivity index (χ2n) is 6.76. The van der Waals surface area contributed by atoms with E-state index in [4.69, 9.17) is 9.15 Å². The molecule has 0 saturated heterocycles. The molecule has 0 saturated carbocycles. The van der Waals surface area contributed by atoms with E-state index < -0.39 is 24.5 Å². The van der Waals surface area contributed by atoms with Gasteiger partial charge in [0.1, 0.15) is 18.1 Å². The molecule has 0 aliphatic carbocycles. The van der Waals surface area contributed by atoms with Crippen LogP contribution in [0.2, 0.25) is 0 Å². The number of hydrogen-bond acceptors (Lipinski definition) is 5. The van der Waals surface area contributed by atoms with E-state index in [-0.39, 0.29) is 18.1 Å². The Hall–Kier alpha value is -2.74. The number of carbonyl (C=O) groups excluding carboxylic acids is 1. The van der Waals surface area contributed by atoms with Crippen LogP contribution in [0.25, 0.3) is 0 Å². The standard InChI is InChI=1S/C20H22F2N2O4/c1-3-4-14-5-7-15(8-6-14)27-12-16-9-10-17(28-16)18(25)24-20(26,19(21)22)11-13(2)23-24/h5-10,19,26H,3-4,11-12H2,1-2H3/t20-/m1/s1. The molecule has 1 N–H and O–H groups in total. The Balaban J connectivity index is 1.65. The van der Waals surface area contributed by atoms with Gasteiger partial charge in [0, 0.05) is 12.1 Å². The first-order valence-electron chi connectivity index (χ1n) is 9.03. The number of rotatable bonds is 7. The van der Waals surface area contributed by atoms with Gasteiger partial charge in [0.25, 0.3) is 6.43 Å². The Morgan fingerprint density at radius 2 is 2.04 bits per heavy atom. The van der Waals surface area contributed by atoms with E-state index in [0.717, 1.165) is 12.8 Å². The van der Waals surface area contributed by atoms with Crippen molar-refractivity contribution in [3.05, 3.63) is 53.5 Å². The van der Waals surface area contributed by atoms with Crippen LogP contribution >= 0.6 is 0 Å². The Bertz CT molecular complexity index is 863. The largest absolute Gasteiger partial charge is 0.486 e. The average molecular weight is 392 g/mol. The molecule has 0 radical (unpaired) electrons. The number of hydrazone groups is 1. The number of aryl methyl sites for hydroxylation is 1. The number of nitrogens with zero attached hydrogens (tertiary/aromatic N) is 2. The molecule has 2 aromatic rings. The lowest BCUT2D eigenvalue weighted by atomic mass is 10.1. The van der Waals surface area contributed by atoms with E-state index in [1.165, 1.54) is 24.6 Å². The van der Waals surface area contributed by atoms with Crippen molar-refractivity contribution in [3.8, 4) is 5.75 Å². The van der Waals surface area contributed by atoms with Gasteiger partial charge in [-0.25, -0.2) is 8.78 Å². The van der Waals surface area contributed by atoms with Crippen LogP contribution in [0.15, 0.2) is 45.9 Å². The van der Waals surface area contributed by atoms with Crippen LogP contribution in [0.5, 0.6) is 5.75 Å². The molecule has 150 valence electrons. The molecule has 0 fully saturated rings. The predicted octanol–water partition coefficient (Wildman–Crippen LogP) is 3.99. The van der Waals surface area contributed by atoms with Crippen LogP contribution in [0.3, 0.4) is 0 Å². The number of furan rings is 1. The lowest BCUT2D eigenvalue weighted by Gasteiger charge is -2.29. The fourth-order valence-corrected chi connectivity index (χ4v) is 3.01. The van der Waals surface area contributed by atoms with Crippen molar-refractivity contribution in [2.24, 2.45) is 5.10 Å². The highest BCUT2D eigenvalue weighted by atomic mass is 19.3. The van der Waals surface area contributed by atoms with E-state index in [9.17, 15) is 18.7 Å². The van der Waals surface area contributed by atoms with Crippen LogP contribution in [0.1, 0.15) is 48.6 Å². The normalized spacial score (nSPS) is 19.2. The molecule has 1 aliphatic rings. The molecule has 6 nitrogen and oxygen atoms in total. The van der Waals surface area contributed by atoms with Crippen molar-refractivity contribution in [2.45, 2.75) is 51.9 Å². The van der Waals surface area contributed by atoms with Crippen molar-refractivity contribution in [3.63, 3.8) is 0 Å². The molecule has 3 rings (SSSR count). The number of ether oxygens (including phenoxy) is 1. The second kappa shape index (κ2) is 8.10. The molecule has 8 heteroatoms. The zero-order valence-electron chi connectivity index (χ0n) is 15.7. The summed E-state index contributed by atoms with van der Waals surface area (Å²) in [5.74, 6) is -0.137. The maximum absolute atomic E-state index is 13.2. The van der Waals surface area contributed by atoms with E-state index in [1.807, 2.05) is 24.3 Å². The van der Waals surface area contributed by atoms with Gasteiger partial charge in [0.15, 0.2) is 5.76 Å². The van der Waals surface area contributed by atoms with Crippen molar-refractivity contribution in [2.75, 3.05) is 0 Å². The molecule has 28 heavy (non-hydrogen) atoms. The molecule has 0 spiro atoms. The quantitative estimate of drug-likeness (QED) is 0.773. The average Bonchev–Trinajstić information content (AvgIpc) is 3.26. The SMILES string of the molecule is CCCc1ccc(OCc2ccc(C(=O)N3N=C(C)C[C@@]3(O)C(F)F)o2)cc1. The zero-order chi connectivity index (χ0) is 20.3. The van der Waals surface area contributed by atoms with E-state index in [2.05, 4.69) is 12.0 Å². The smallest absolute Gasteiger partial charge is 0.312 e. The van der Waals surface area contributed by atoms with Crippen molar-refractivity contribution < 1.29 is 27.8 Å². The third-order valence-corrected chi connectivity index (χ3v) is 4.41. The summed E-state index contributed by atoms with van der Waals surface area (Å²) in [4.78, 5) is 12.5. The lowest BCUT2D eigenvalue weighted by Crippen LogP contribution is -2.51. The third-order valence-electron chi connectivity index (χ3n) is 4.41. The molecule has 1 aliphatic heterocycles. The fraction of sp³-hybridized carbons (Fsp3) is 0.400. The number of carbonyl (C=O) groups is 1. The van der Waals surface area contributed by atoms with Gasteiger partial charge < -0.3 is 14.3 Å². The molecule has 0 unspecified atom stereocenters. The van der Waals surface area contributed by atoms with E-state index in [0.29, 0.717) is 16.5 Å². The number of aliphatic hydroxyl groups is 1. The predicted molar refractivity (Wildman–Crippen MR) is 98.3 cm³/mol. The highest BCUT2D eigenvalue weighted by Gasteiger charge is 2.51. The fourth-order valence-electron chi connectivity index (χ4n) is 3.01. The van der Waals surface area contributed by atoms with Crippen LogP contribution in [0.4, 0.5) is 8.78 Å². The molecular formula is C20H22F2N2O4. The lowest BCUT2D eigenvalue weighted by molar-refractivity contribution is -0.164. The first kappa shape index (κ1) is 20.0. The van der Waals surface area contributed by atoms with E-state index in [1.54, 1.807) is 0 Å². The summed E-state index contributed by atoms with van der Waals surface area (Å²) in [5.41, 5.74) is -1.21. The third kappa shape index (κ3) is 4.06. The summed E-state index contributed by atoms with van der Waals surface area (Å²) in [6.07, 6.45) is -1.52. The molecular weight excluding hydrogens is 370 g/mol. The number of hydrogen-bond donors (Lipinski definition) is 1. The molecule has 1 atom stereocenters. The molecule has 0 bridgehead atoms. The van der Waals surface area contributed by atoms with Gasteiger partial charge in [-0.15, -0.1) is 0 Å². The second-order valence-corrected chi connectivity index (χ2v) is 6.76. The molecule has 2 heterocycles. The van der Waals surface area contributed by atoms with Gasteiger partial charge in [-0.3, -0.25) is 4.79 Å². The van der Waals surface area contributed by atoms with Crippen LogP contribution in [-0.4, -0.2) is 33.9 Å². The van der Waals surface area contributed by atoms with E-state index >= 15 is 0 Å². The van der Waals surface area contributed by atoms with Gasteiger partial charge in [-0.1, -0.05) is 25.5 Å². The zero-order valence-corrected chi connectivity index (χ0v) is 15.7. The van der Waals surface area contributed by atoms with Gasteiger partial charge in [0.2, 0.25) is 5.72 Å². The minimum Gasteiger partial charge on any atom is -0.486 e. The highest BCUT2D eigenvalue weighted by molar-refractivity contribution is 5.95. The summed E-state index contributed by atoms with van der Waals surface area (Å²) < 4.78 is 37.5. The summed E-state index contributed by atoms with van der Waals surface area (Å²) >= 11 is 0. The van der Waals surface area contributed by atoms with Crippen LogP contribution in [-0.2, 0) is 13.0 Å². The van der Waals surface area contributed by atoms with Crippen molar-refractivity contribution >= 4 is 11.6 Å². The van der Waals surface area contributed by atoms with Gasteiger partial charge in [-0.05, 0) is 43.2 Å². The Kier molecular flexibility index (Phi) is 5.79. The monoisotopic (exact) mass is 392 g/mol. The van der Waals surface area contributed by atoms with Crippen molar-refractivity contribution in [1.82, 2.24) is 5.01 Å². The highest BCUT2D eigenvalue weighted by Crippen LogP contribution is 2.32. The van der Waals surface area contributed by atoms with Gasteiger partial charge in [-0.2, -0.15) is 10.1 Å². The van der Waals surface area contributed by atoms with Gasteiger partial charge >= 0.3 is 5.91 Å². The Morgan fingerprint density at radius 1 is 1.32 bits per heavy atom. The van der Waals surface area contributed by atoms with Crippen molar-refractivity contribution in [1.29, 1.82) is 0 Å². The minimum atomic E-state index is -3.16. The molecule has 1 aromatic carbocycles. The first-order valence-corrected chi connectivity index (χ1v) is 9.03. The number of amides is 1. The maximum atomic E-state index is 13.2. The number of alkyl halides is 2. The summed E-state index contributed by atoms with van der Waals surface area (Å²) in [7, 11) is 0. The Morgan fingerprint density at radius 3 is 2.68 bits per heavy atom. The molecule has 1 amide bonds. The maximum Gasteiger partial charge on any atom is 0.312 e. The first-order chi connectivity index (χ1) is 13.3. The van der Waals surface area contributed by atoms with Crippen LogP contribution in [0, 0.1) is 0 Å². The summed E-state index contributed by atoms with van der Waals surface area (Å²) in [6.45, 7) is 3.65. The van der Waals surface area contributed by atoms with Gasteiger partial charge in [0.05, 0.1) is 0 Å². The minimum absolute atomic E-state index is 0.0712.